The maximum atomic E-state index is 12.7. The third-order valence-corrected chi connectivity index (χ3v) is 4.32. The van der Waals surface area contributed by atoms with Gasteiger partial charge in [-0.15, -0.1) is 0 Å². The number of para-hydroxylation sites is 1. The number of carbonyl (C=O) groups excluding carboxylic acids is 1. The van der Waals surface area contributed by atoms with Gasteiger partial charge in [-0.2, -0.15) is 0 Å². The van der Waals surface area contributed by atoms with E-state index in [1.54, 1.807) is 0 Å². The van der Waals surface area contributed by atoms with E-state index in [0.717, 1.165) is 24.1 Å². The average molecular weight is 289 g/mol. The van der Waals surface area contributed by atoms with Crippen molar-refractivity contribution >= 4 is 17.4 Å². The normalized spacial score (nSPS) is 18.0. The zero-order valence-electron chi connectivity index (χ0n) is 12.6. The van der Waals surface area contributed by atoms with Gasteiger partial charge in [-0.05, 0) is 30.4 Å². The Bertz CT molecular complexity index is 546. The van der Waals surface area contributed by atoms with Gasteiger partial charge in [0, 0.05) is 5.69 Å². The van der Waals surface area contributed by atoms with Gasteiger partial charge >= 0.3 is 0 Å². The number of carbonyl (C=O) groups is 1. The summed E-state index contributed by atoms with van der Waals surface area (Å²) < 4.78 is 0. The summed E-state index contributed by atoms with van der Waals surface area (Å²) in [4.78, 5) is 12.7. The SMILES string of the molecule is CC(C)c1ccccc1NC(=O)C1(C(N)=NO)CCCC1. The largest absolute Gasteiger partial charge is 0.409 e. The molecule has 1 aromatic rings. The Morgan fingerprint density at radius 2 is 1.95 bits per heavy atom. The van der Waals surface area contributed by atoms with Gasteiger partial charge in [0.2, 0.25) is 5.91 Å². The molecule has 2 rings (SSSR count). The van der Waals surface area contributed by atoms with Crippen molar-refractivity contribution in [3.8, 4) is 0 Å². The van der Waals surface area contributed by atoms with E-state index in [9.17, 15) is 4.79 Å². The van der Waals surface area contributed by atoms with Crippen LogP contribution in [-0.4, -0.2) is 17.0 Å². The van der Waals surface area contributed by atoms with E-state index in [0.29, 0.717) is 18.8 Å². The van der Waals surface area contributed by atoms with E-state index >= 15 is 0 Å². The van der Waals surface area contributed by atoms with Crippen LogP contribution in [0.3, 0.4) is 0 Å². The third kappa shape index (κ3) is 2.86. The number of amides is 1. The van der Waals surface area contributed by atoms with Crippen molar-refractivity contribution in [2.45, 2.75) is 45.4 Å². The number of nitrogens with two attached hydrogens (primary N) is 1. The van der Waals surface area contributed by atoms with Gasteiger partial charge in [0.1, 0.15) is 5.41 Å². The number of hydrogen-bond acceptors (Lipinski definition) is 3. The zero-order chi connectivity index (χ0) is 15.5. The van der Waals surface area contributed by atoms with Crippen LogP contribution in [0.15, 0.2) is 29.4 Å². The van der Waals surface area contributed by atoms with Crippen LogP contribution >= 0.6 is 0 Å². The van der Waals surface area contributed by atoms with E-state index in [-0.39, 0.29) is 11.7 Å². The van der Waals surface area contributed by atoms with Crippen LogP contribution in [0.1, 0.15) is 51.0 Å². The van der Waals surface area contributed by atoms with Crippen LogP contribution in [0, 0.1) is 5.41 Å². The van der Waals surface area contributed by atoms with Gasteiger partial charge in [0.25, 0.3) is 0 Å². The van der Waals surface area contributed by atoms with Crippen LogP contribution < -0.4 is 11.1 Å². The third-order valence-electron chi connectivity index (χ3n) is 4.32. The van der Waals surface area contributed by atoms with E-state index in [4.69, 9.17) is 10.9 Å². The Hall–Kier alpha value is -2.04. The quantitative estimate of drug-likeness (QED) is 0.344. The number of nitrogens with zero attached hydrogens (tertiary/aromatic N) is 1. The van der Waals surface area contributed by atoms with Crippen molar-refractivity contribution in [1.29, 1.82) is 0 Å². The second kappa shape index (κ2) is 6.16. The molecule has 0 radical (unpaired) electrons. The summed E-state index contributed by atoms with van der Waals surface area (Å²) in [6, 6.07) is 7.75. The molecule has 1 fully saturated rings. The molecule has 0 unspecified atom stereocenters. The molecule has 21 heavy (non-hydrogen) atoms. The van der Waals surface area contributed by atoms with Crippen molar-refractivity contribution in [3.05, 3.63) is 29.8 Å². The minimum atomic E-state index is -0.876. The van der Waals surface area contributed by atoms with E-state index < -0.39 is 5.41 Å². The molecule has 5 heteroatoms. The lowest BCUT2D eigenvalue weighted by Crippen LogP contribution is -2.45. The van der Waals surface area contributed by atoms with Crippen LogP contribution in [0.4, 0.5) is 5.69 Å². The molecule has 4 N–H and O–H groups in total. The molecule has 0 aromatic heterocycles. The molecule has 0 bridgehead atoms. The molecule has 0 atom stereocenters. The molecule has 0 heterocycles. The van der Waals surface area contributed by atoms with Crippen molar-refractivity contribution in [2.24, 2.45) is 16.3 Å². The number of anilines is 1. The van der Waals surface area contributed by atoms with Gasteiger partial charge in [-0.1, -0.05) is 50.0 Å². The number of benzene rings is 1. The molecular formula is C16H23N3O2. The molecule has 5 nitrogen and oxygen atoms in total. The highest BCUT2D eigenvalue weighted by molar-refractivity contribution is 6.12. The molecule has 1 amide bonds. The summed E-state index contributed by atoms with van der Waals surface area (Å²) >= 11 is 0. The number of hydrogen-bond donors (Lipinski definition) is 3. The number of oxime groups is 1. The molecule has 0 saturated heterocycles. The monoisotopic (exact) mass is 289 g/mol. The Balaban J connectivity index is 2.29. The van der Waals surface area contributed by atoms with Crippen molar-refractivity contribution in [2.75, 3.05) is 5.32 Å². The smallest absolute Gasteiger partial charge is 0.238 e. The fourth-order valence-corrected chi connectivity index (χ4v) is 3.03. The lowest BCUT2D eigenvalue weighted by atomic mass is 9.83. The Labute approximate surface area is 125 Å². The summed E-state index contributed by atoms with van der Waals surface area (Å²) in [7, 11) is 0. The maximum Gasteiger partial charge on any atom is 0.238 e. The van der Waals surface area contributed by atoms with Gasteiger partial charge in [-0.3, -0.25) is 4.79 Å². The predicted octanol–water partition coefficient (Wildman–Crippen LogP) is 3.06. The molecule has 114 valence electrons. The second-order valence-electron chi connectivity index (χ2n) is 5.97. The summed E-state index contributed by atoms with van der Waals surface area (Å²) in [5.41, 5.74) is 6.81. The first-order chi connectivity index (χ1) is 10.0. The highest BCUT2D eigenvalue weighted by atomic mass is 16.4. The molecule has 0 aliphatic heterocycles. The summed E-state index contributed by atoms with van der Waals surface area (Å²) in [5, 5.41) is 15.1. The minimum Gasteiger partial charge on any atom is -0.409 e. The zero-order valence-corrected chi connectivity index (χ0v) is 12.6. The molecule has 1 aliphatic rings. The molecule has 1 aliphatic carbocycles. The molecule has 1 saturated carbocycles. The molecular weight excluding hydrogens is 266 g/mol. The number of rotatable bonds is 4. The molecule has 0 spiro atoms. The van der Waals surface area contributed by atoms with Crippen molar-refractivity contribution in [1.82, 2.24) is 0 Å². The van der Waals surface area contributed by atoms with E-state index in [2.05, 4.69) is 24.3 Å². The van der Waals surface area contributed by atoms with Gasteiger partial charge in [-0.25, -0.2) is 0 Å². The Morgan fingerprint density at radius 1 is 1.33 bits per heavy atom. The average Bonchev–Trinajstić information content (AvgIpc) is 2.97. The van der Waals surface area contributed by atoms with Crippen LogP contribution in [0.25, 0.3) is 0 Å². The first-order valence-corrected chi connectivity index (χ1v) is 7.39. The van der Waals surface area contributed by atoms with Crippen molar-refractivity contribution in [3.63, 3.8) is 0 Å². The van der Waals surface area contributed by atoms with Crippen LogP contribution in [-0.2, 0) is 4.79 Å². The van der Waals surface area contributed by atoms with Gasteiger partial charge in [0.05, 0.1) is 0 Å². The highest BCUT2D eigenvalue weighted by Gasteiger charge is 2.45. The molecule has 1 aromatic carbocycles. The van der Waals surface area contributed by atoms with Gasteiger partial charge in [0.15, 0.2) is 5.84 Å². The summed E-state index contributed by atoms with van der Waals surface area (Å²) in [6.45, 7) is 4.17. The predicted molar refractivity (Wildman–Crippen MR) is 83.5 cm³/mol. The van der Waals surface area contributed by atoms with Crippen LogP contribution in [0.5, 0.6) is 0 Å². The summed E-state index contributed by atoms with van der Waals surface area (Å²) in [5.74, 6) is 0.146. The lowest BCUT2D eigenvalue weighted by Gasteiger charge is -2.27. The summed E-state index contributed by atoms with van der Waals surface area (Å²) in [6.07, 6.45) is 3.07. The maximum absolute atomic E-state index is 12.7. The lowest BCUT2D eigenvalue weighted by molar-refractivity contribution is -0.122. The minimum absolute atomic E-state index is 0.0135. The fraction of sp³-hybridized carbons (Fsp3) is 0.500. The first-order valence-electron chi connectivity index (χ1n) is 7.39. The Kier molecular flexibility index (Phi) is 4.50. The number of nitrogens with one attached hydrogen (secondary N) is 1. The Morgan fingerprint density at radius 3 is 2.52 bits per heavy atom. The topological polar surface area (TPSA) is 87.7 Å². The van der Waals surface area contributed by atoms with E-state index in [1.807, 2.05) is 24.3 Å². The first kappa shape index (κ1) is 15.4. The highest BCUT2D eigenvalue weighted by Crippen LogP contribution is 2.40. The van der Waals surface area contributed by atoms with E-state index in [1.165, 1.54) is 0 Å². The fourth-order valence-electron chi connectivity index (χ4n) is 3.03. The second-order valence-corrected chi connectivity index (χ2v) is 5.97. The van der Waals surface area contributed by atoms with Crippen molar-refractivity contribution < 1.29 is 10.0 Å². The van der Waals surface area contributed by atoms with Gasteiger partial charge < -0.3 is 16.3 Å². The van der Waals surface area contributed by atoms with Crippen LogP contribution in [0.2, 0.25) is 0 Å². The number of amidine groups is 1. The standard InChI is InChI=1S/C16H23N3O2/c1-11(2)12-7-3-4-8-13(12)18-15(20)16(14(17)19-21)9-5-6-10-16/h3-4,7-8,11,21H,5-6,9-10H2,1-2H3,(H2,17,19)(H,18,20).